The number of nitrogens with zero attached hydrogens (tertiary/aromatic N) is 2. The summed E-state index contributed by atoms with van der Waals surface area (Å²) in [7, 11) is 3.45. The van der Waals surface area contributed by atoms with Crippen LogP contribution < -0.4 is 16.0 Å². The minimum atomic E-state index is -0.0509. The molecule has 1 aliphatic rings. The number of piperidine rings is 1. The predicted molar refractivity (Wildman–Crippen MR) is 112 cm³/mol. The third-order valence-electron chi connectivity index (χ3n) is 4.98. The lowest BCUT2D eigenvalue weighted by Crippen LogP contribution is -2.43. The van der Waals surface area contributed by atoms with E-state index in [2.05, 4.69) is 32.8 Å². The van der Waals surface area contributed by atoms with Gasteiger partial charge in [0, 0.05) is 39.3 Å². The summed E-state index contributed by atoms with van der Waals surface area (Å²) >= 11 is 0. The fraction of sp³-hybridized carbons (Fsp3) is 0.619. The van der Waals surface area contributed by atoms with Gasteiger partial charge in [-0.05, 0) is 56.0 Å². The molecule has 1 amide bonds. The van der Waals surface area contributed by atoms with E-state index in [-0.39, 0.29) is 5.91 Å². The average molecular weight is 374 g/mol. The number of nitrogens with one attached hydrogen (secondary N) is 3. The Balaban J connectivity index is 1.70. The number of hydrogen-bond donors (Lipinski definition) is 3. The van der Waals surface area contributed by atoms with Crippen molar-refractivity contribution in [2.45, 2.75) is 32.6 Å². The highest BCUT2D eigenvalue weighted by atomic mass is 16.1. The van der Waals surface area contributed by atoms with Gasteiger partial charge in [0.05, 0.1) is 0 Å². The van der Waals surface area contributed by atoms with Gasteiger partial charge < -0.3 is 20.9 Å². The van der Waals surface area contributed by atoms with Crippen LogP contribution in [0.1, 0.15) is 42.1 Å². The van der Waals surface area contributed by atoms with Gasteiger partial charge in [-0.25, -0.2) is 0 Å². The van der Waals surface area contributed by atoms with E-state index < -0.39 is 0 Å². The molecule has 0 aliphatic carbocycles. The molecule has 1 atom stereocenters. The monoisotopic (exact) mass is 373 g/mol. The Hall–Kier alpha value is -2.08. The molecule has 0 aromatic heterocycles. The highest BCUT2D eigenvalue weighted by molar-refractivity contribution is 5.94. The molecule has 2 rings (SSSR count). The summed E-state index contributed by atoms with van der Waals surface area (Å²) in [5, 5.41) is 9.46. The molecule has 1 heterocycles. The highest BCUT2D eigenvalue weighted by Gasteiger charge is 2.13. The molecule has 0 saturated carbocycles. The normalized spacial score (nSPS) is 16.6. The predicted octanol–water partition coefficient (Wildman–Crippen LogP) is 1.88. The summed E-state index contributed by atoms with van der Waals surface area (Å²) in [6.07, 6.45) is 4.90. The summed E-state index contributed by atoms with van der Waals surface area (Å²) < 4.78 is 0. The Kier molecular flexibility index (Phi) is 9.11. The molecule has 1 aromatic carbocycles. The summed E-state index contributed by atoms with van der Waals surface area (Å²) in [5.74, 6) is 1.37. The van der Waals surface area contributed by atoms with Crippen LogP contribution in [0, 0.1) is 5.92 Å². The molecule has 1 fully saturated rings. The van der Waals surface area contributed by atoms with Crippen LogP contribution in [-0.2, 0) is 6.42 Å². The van der Waals surface area contributed by atoms with E-state index in [0.29, 0.717) is 11.5 Å². The van der Waals surface area contributed by atoms with Gasteiger partial charge in [0.2, 0.25) is 0 Å². The van der Waals surface area contributed by atoms with Crippen molar-refractivity contribution in [1.29, 1.82) is 0 Å². The van der Waals surface area contributed by atoms with Crippen LogP contribution in [0.15, 0.2) is 29.3 Å². The van der Waals surface area contributed by atoms with Crippen molar-refractivity contribution in [3.63, 3.8) is 0 Å². The van der Waals surface area contributed by atoms with Gasteiger partial charge in [-0.1, -0.05) is 25.5 Å². The number of aliphatic imine (C=N–C) groups is 1. The highest BCUT2D eigenvalue weighted by Crippen LogP contribution is 2.10. The molecular weight excluding hydrogens is 338 g/mol. The summed E-state index contributed by atoms with van der Waals surface area (Å²) in [5.41, 5.74) is 1.83. The molecule has 1 unspecified atom stereocenters. The fourth-order valence-corrected chi connectivity index (χ4v) is 3.48. The Labute approximate surface area is 163 Å². The van der Waals surface area contributed by atoms with Crippen LogP contribution in [0.3, 0.4) is 0 Å². The number of likely N-dealkylation sites (tertiary alicyclic amines) is 1. The Bertz CT molecular complexity index is 610. The lowest BCUT2D eigenvalue weighted by atomic mass is 10.1. The Morgan fingerprint density at radius 1 is 1.22 bits per heavy atom. The lowest BCUT2D eigenvalue weighted by Gasteiger charge is -2.29. The lowest BCUT2D eigenvalue weighted by molar-refractivity contribution is 0.0963. The molecule has 0 spiro atoms. The van der Waals surface area contributed by atoms with Gasteiger partial charge >= 0.3 is 0 Å². The van der Waals surface area contributed by atoms with E-state index >= 15 is 0 Å². The van der Waals surface area contributed by atoms with Crippen molar-refractivity contribution < 1.29 is 4.79 Å². The van der Waals surface area contributed by atoms with E-state index in [9.17, 15) is 4.79 Å². The van der Waals surface area contributed by atoms with Crippen LogP contribution in [0.25, 0.3) is 0 Å². The van der Waals surface area contributed by atoms with Crippen LogP contribution in [0.4, 0.5) is 0 Å². The molecule has 0 bridgehead atoms. The van der Waals surface area contributed by atoms with Crippen LogP contribution >= 0.6 is 0 Å². The molecule has 150 valence electrons. The van der Waals surface area contributed by atoms with E-state index in [4.69, 9.17) is 0 Å². The number of guanidine groups is 1. The SMILES string of the molecule is CN=C(NCCc1cccc(C(=O)NC)c1)NCC(C)CN1CCCCC1. The molecule has 3 N–H and O–H groups in total. The molecular formula is C21H35N5O. The van der Waals surface area contributed by atoms with Gasteiger partial charge in [-0.15, -0.1) is 0 Å². The Morgan fingerprint density at radius 2 is 2.00 bits per heavy atom. The summed E-state index contributed by atoms with van der Waals surface area (Å²) in [6, 6.07) is 7.75. The quantitative estimate of drug-likeness (QED) is 0.481. The zero-order valence-corrected chi connectivity index (χ0v) is 17.1. The largest absolute Gasteiger partial charge is 0.356 e. The van der Waals surface area contributed by atoms with Crippen LogP contribution in [-0.4, -0.2) is 63.6 Å². The second kappa shape index (κ2) is 11.6. The standard InChI is InChI=1S/C21H35N5O/c1-17(16-26-12-5-4-6-13-26)15-25-21(23-3)24-11-10-18-8-7-9-19(14-18)20(27)22-2/h7-9,14,17H,4-6,10-13,15-16H2,1-3H3,(H,22,27)(H2,23,24,25). The van der Waals surface area contributed by atoms with Gasteiger partial charge in [0.1, 0.15) is 0 Å². The molecule has 1 saturated heterocycles. The van der Waals surface area contributed by atoms with Crippen molar-refractivity contribution in [2.75, 3.05) is 46.8 Å². The number of rotatable bonds is 8. The first-order chi connectivity index (χ1) is 13.1. The molecule has 1 aliphatic heterocycles. The van der Waals surface area contributed by atoms with E-state index in [1.165, 1.54) is 32.4 Å². The minimum absolute atomic E-state index is 0.0509. The second-order valence-electron chi connectivity index (χ2n) is 7.38. The fourth-order valence-electron chi connectivity index (χ4n) is 3.48. The van der Waals surface area contributed by atoms with Gasteiger partial charge in [0.25, 0.3) is 5.91 Å². The van der Waals surface area contributed by atoms with Gasteiger partial charge in [-0.2, -0.15) is 0 Å². The third kappa shape index (κ3) is 7.59. The number of carbonyl (C=O) groups excluding carboxylic acids is 1. The third-order valence-corrected chi connectivity index (χ3v) is 4.98. The topological polar surface area (TPSA) is 68.8 Å². The maximum absolute atomic E-state index is 11.7. The molecule has 6 nitrogen and oxygen atoms in total. The molecule has 27 heavy (non-hydrogen) atoms. The minimum Gasteiger partial charge on any atom is -0.356 e. The number of amides is 1. The average Bonchev–Trinajstić information content (AvgIpc) is 2.70. The summed E-state index contributed by atoms with van der Waals surface area (Å²) in [4.78, 5) is 18.6. The van der Waals surface area contributed by atoms with Crippen molar-refractivity contribution >= 4 is 11.9 Å². The van der Waals surface area contributed by atoms with Crippen LogP contribution in [0.5, 0.6) is 0 Å². The number of benzene rings is 1. The van der Waals surface area contributed by atoms with E-state index in [1.54, 1.807) is 14.1 Å². The zero-order valence-electron chi connectivity index (χ0n) is 17.1. The van der Waals surface area contributed by atoms with Crippen molar-refractivity contribution in [3.05, 3.63) is 35.4 Å². The zero-order chi connectivity index (χ0) is 19.5. The molecule has 1 aromatic rings. The van der Waals surface area contributed by atoms with E-state index in [1.807, 2.05) is 24.3 Å². The summed E-state index contributed by atoms with van der Waals surface area (Å²) in [6.45, 7) is 7.62. The van der Waals surface area contributed by atoms with Crippen molar-refractivity contribution in [2.24, 2.45) is 10.9 Å². The van der Waals surface area contributed by atoms with Crippen LogP contribution in [0.2, 0.25) is 0 Å². The first-order valence-electron chi connectivity index (χ1n) is 10.1. The van der Waals surface area contributed by atoms with Gasteiger partial charge in [-0.3, -0.25) is 9.79 Å². The molecule has 0 radical (unpaired) electrons. The van der Waals surface area contributed by atoms with Crippen molar-refractivity contribution in [1.82, 2.24) is 20.9 Å². The maximum Gasteiger partial charge on any atom is 0.251 e. The second-order valence-corrected chi connectivity index (χ2v) is 7.38. The van der Waals surface area contributed by atoms with E-state index in [0.717, 1.165) is 37.6 Å². The van der Waals surface area contributed by atoms with Crippen molar-refractivity contribution in [3.8, 4) is 0 Å². The smallest absolute Gasteiger partial charge is 0.251 e. The molecule has 6 heteroatoms. The Morgan fingerprint density at radius 3 is 2.70 bits per heavy atom. The number of hydrogen-bond acceptors (Lipinski definition) is 3. The number of carbonyl (C=O) groups is 1. The maximum atomic E-state index is 11.7. The first-order valence-corrected chi connectivity index (χ1v) is 10.1. The van der Waals surface area contributed by atoms with Gasteiger partial charge in [0.15, 0.2) is 5.96 Å². The first kappa shape index (κ1) is 21.2.